The molecule has 0 N–H and O–H groups in total. The van der Waals surface area contributed by atoms with Crippen LogP contribution in [0.4, 0.5) is 0 Å². The van der Waals surface area contributed by atoms with Crippen LogP contribution < -0.4 is 0 Å². The number of halogens is 3. The van der Waals surface area contributed by atoms with Crippen molar-refractivity contribution in [1.29, 1.82) is 0 Å². The van der Waals surface area contributed by atoms with Crippen LogP contribution in [0, 0.1) is 0 Å². The van der Waals surface area contributed by atoms with Crippen LogP contribution in [0.15, 0.2) is 21.3 Å². The molecule has 0 aromatic heterocycles. The van der Waals surface area contributed by atoms with E-state index in [4.69, 9.17) is 0 Å². The first-order chi connectivity index (χ1) is 4.22. The van der Waals surface area contributed by atoms with Crippen LogP contribution in [0.1, 0.15) is 6.42 Å². The van der Waals surface area contributed by atoms with Gasteiger partial charge in [-0.2, -0.15) is 0 Å². The predicted molar refractivity (Wildman–Crippen MR) is 50.8 cm³/mol. The second kappa shape index (κ2) is 8.56. The van der Waals surface area contributed by atoms with E-state index in [2.05, 4.69) is 0 Å². The molecule has 0 saturated carbocycles. The van der Waals surface area contributed by atoms with Gasteiger partial charge in [-0.15, -0.1) is 37.2 Å². The number of rotatable bonds is 1. The van der Waals surface area contributed by atoms with Crippen molar-refractivity contribution in [2.24, 2.45) is 0 Å². The summed E-state index contributed by atoms with van der Waals surface area (Å²) in [5.74, 6) is 0. The molecule has 0 fully saturated rings. The van der Waals surface area contributed by atoms with Crippen molar-refractivity contribution < 1.29 is 29.6 Å². The Morgan fingerprint density at radius 1 is 1.25 bits per heavy atom. The number of hydrogen-bond acceptors (Lipinski definition) is 2. The molecular formula is C5H7Cl3O2PTi. The number of allylic oxidation sites excluding steroid dienone is 4. The van der Waals surface area contributed by atoms with E-state index < -0.39 is 7.68 Å². The second-order valence-corrected chi connectivity index (χ2v) is 3.67. The molecule has 0 atom stereocenters. The van der Waals surface area contributed by atoms with Gasteiger partial charge in [-0.25, -0.2) is 0 Å². The Morgan fingerprint density at radius 2 is 1.75 bits per heavy atom. The van der Waals surface area contributed by atoms with Crippen LogP contribution in [0.3, 0.4) is 0 Å². The van der Waals surface area contributed by atoms with Crippen molar-refractivity contribution in [1.82, 2.24) is 0 Å². The summed E-state index contributed by atoms with van der Waals surface area (Å²) in [7, 11) is -2.35. The summed E-state index contributed by atoms with van der Waals surface area (Å²) < 4.78 is 21.6. The van der Waals surface area contributed by atoms with Gasteiger partial charge in [-0.05, 0) is 0 Å². The molecule has 12 heavy (non-hydrogen) atoms. The van der Waals surface area contributed by atoms with E-state index in [0.29, 0.717) is 5.31 Å². The van der Waals surface area contributed by atoms with E-state index in [0.717, 1.165) is 10.3 Å². The predicted octanol–water partition coefficient (Wildman–Crippen LogP) is 3.14. The molecule has 0 amide bonds. The SMILES string of the molecule is Cl.Cl.Cl.O=P(=O)C1=[C]([Ti])CC=C1. The third kappa shape index (κ3) is 4.86. The van der Waals surface area contributed by atoms with E-state index in [9.17, 15) is 9.13 Å². The molecule has 0 aromatic rings. The molecule has 0 saturated heterocycles. The summed E-state index contributed by atoms with van der Waals surface area (Å²) in [4.78, 5) is 0. The van der Waals surface area contributed by atoms with Gasteiger partial charge in [0.2, 0.25) is 0 Å². The molecule has 7 heteroatoms. The minimum atomic E-state index is -2.35. The fourth-order valence-electron chi connectivity index (χ4n) is 0.665. The van der Waals surface area contributed by atoms with Crippen LogP contribution in [-0.4, -0.2) is 0 Å². The monoisotopic (exact) mass is 283 g/mol. The Balaban J connectivity index is -0.000000270. The van der Waals surface area contributed by atoms with Crippen molar-refractivity contribution >= 4 is 44.9 Å². The van der Waals surface area contributed by atoms with Crippen molar-refractivity contribution in [3.63, 3.8) is 0 Å². The molecule has 1 rings (SSSR count). The van der Waals surface area contributed by atoms with Crippen molar-refractivity contribution in [2.45, 2.75) is 6.42 Å². The quantitative estimate of drug-likeness (QED) is 0.547. The van der Waals surface area contributed by atoms with Gasteiger partial charge in [0, 0.05) is 0 Å². The minimum absolute atomic E-state index is 0. The Labute approximate surface area is 102 Å². The molecule has 0 radical (unpaired) electrons. The zero-order valence-corrected chi connectivity index (χ0v) is 10.8. The molecule has 69 valence electrons. The maximum atomic E-state index is 10.3. The van der Waals surface area contributed by atoms with Crippen LogP contribution in [0.2, 0.25) is 0 Å². The summed E-state index contributed by atoms with van der Waals surface area (Å²) >= 11 is 1.83. The topological polar surface area (TPSA) is 34.1 Å². The summed E-state index contributed by atoms with van der Waals surface area (Å²) in [6, 6.07) is 0. The van der Waals surface area contributed by atoms with Gasteiger partial charge >= 0.3 is 65.0 Å². The molecule has 0 spiro atoms. The van der Waals surface area contributed by atoms with E-state index in [1.807, 2.05) is 26.5 Å². The van der Waals surface area contributed by atoms with Crippen LogP contribution in [0.25, 0.3) is 0 Å². The third-order valence-corrected chi connectivity index (χ3v) is 2.98. The molecule has 1 aliphatic carbocycles. The Hall–Kier alpha value is 0.964. The molecule has 0 aromatic carbocycles. The molecule has 0 heterocycles. The molecule has 0 aliphatic heterocycles. The molecular weight excluding hydrogens is 277 g/mol. The van der Waals surface area contributed by atoms with Crippen LogP contribution in [-0.2, 0) is 29.6 Å². The van der Waals surface area contributed by atoms with E-state index in [-0.39, 0.29) is 37.2 Å². The average Bonchev–Trinajstić information content (AvgIpc) is 2.13. The number of hydrogen-bond donors (Lipinski definition) is 0. The fraction of sp³-hybridized carbons (Fsp3) is 0.200. The van der Waals surface area contributed by atoms with Gasteiger partial charge < -0.3 is 0 Å². The van der Waals surface area contributed by atoms with Crippen LogP contribution in [0.5, 0.6) is 0 Å². The molecule has 0 unspecified atom stereocenters. The standard InChI is InChI=1S/C5H4O2P.3ClH.Ti/c6-8(7)5-3-1-2-4-5;;;;/h1,3H,2H2;3*1H;. The first-order valence-electron chi connectivity index (χ1n) is 2.47. The average molecular weight is 284 g/mol. The Kier molecular flexibility index (Phi) is 13.3. The molecule has 0 bridgehead atoms. The van der Waals surface area contributed by atoms with E-state index in [1.165, 1.54) is 0 Å². The summed E-state index contributed by atoms with van der Waals surface area (Å²) in [5, 5.41) is 0.491. The molecule has 2 nitrogen and oxygen atoms in total. The molecule has 1 aliphatic rings. The summed E-state index contributed by atoms with van der Waals surface area (Å²) in [6.45, 7) is 0. The fourth-order valence-corrected chi connectivity index (χ4v) is 1.95. The van der Waals surface area contributed by atoms with Gasteiger partial charge in [-0.3, -0.25) is 0 Å². The summed E-state index contributed by atoms with van der Waals surface area (Å²) in [5.41, 5.74) is 0. The van der Waals surface area contributed by atoms with Gasteiger partial charge in [-0.1, -0.05) is 0 Å². The van der Waals surface area contributed by atoms with Crippen molar-refractivity contribution in [2.75, 3.05) is 0 Å². The van der Waals surface area contributed by atoms with Crippen LogP contribution >= 0.6 is 44.9 Å². The van der Waals surface area contributed by atoms with Gasteiger partial charge in [0.15, 0.2) is 0 Å². The summed E-state index contributed by atoms with van der Waals surface area (Å²) in [6.07, 6.45) is 4.30. The van der Waals surface area contributed by atoms with Gasteiger partial charge in [0.05, 0.1) is 0 Å². The van der Waals surface area contributed by atoms with E-state index in [1.54, 1.807) is 6.08 Å². The Bertz CT molecular complexity index is 251. The maximum absolute atomic E-state index is 10.3. The first kappa shape index (κ1) is 18.7. The third-order valence-electron chi connectivity index (χ3n) is 1.10. The first-order valence-corrected chi connectivity index (χ1v) is 4.43. The zero-order chi connectivity index (χ0) is 6.85. The van der Waals surface area contributed by atoms with E-state index >= 15 is 0 Å². The van der Waals surface area contributed by atoms with Crippen molar-refractivity contribution in [3.8, 4) is 0 Å². The normalized spacial score (nSPS) is 12.6. The second-order valence-electron chi connectivity index (χ2n) is 1.73. The zero-order valence-electron chi connectivity index (χ0n) is 5.85. The van der Waals surface area contributed by atoms with Gasteiger partial charge in [0.25, 0.3) is 0 Å². The Morgan fingerprint density at radius 3 is 1.92 bits per heavy atom. The van der Waals surface area contributed by atoms with Crippen molar-refractivity contribution in [3.05, 3.63) is 21.3 Å². The van der Waals surface area contributed by atoms with Gasteiger partial charge in [0.1, 0.15) is 0 Å².